The van der Waals surface area contributed by atoms with Crippen molar-refractivity contribution in [2.24, 2.45) is 0 Å². The van der Waals surface area contributed by atoms with Gasteiger partial charge in [0.05, 0.1) is 11.5 Å². The average molecular weight is 281 g/mol. The first-order chi connectivity index (χ1) is 9.58. The number of nitro groups is 1. The van der Waals surface area contributed by atoms with Crippen LogP contribution < -0.4 is 4.74 Å². The molecular formula is C13H15NO6. The molecule has 0 aliphatic rings. The molecule has 0 heterocycles. The van der Waals surface area contributed by atoms with Gasteiger partial charge in [0.1, 0.15) is 6.29 Å². The lowest BCUT2D eigenvalue weighted by atomic mass is 10.2. The van der Waals surface area contributed by atoms with E-state index in [1.807, 2.05) is 6.92 Å². The Bertz CT molecular complexity index is 500. The first-order valence-corrected chi connectivity index (χ1v) is 6.10. The van der Waals surface area contributed by atoms with Crippen LogP contribution in [-0.4, -0.2) is 30.4 Å². The number of hydrogen-bond donors (Lipinski definition) is 0. The second-order valence-electron chi connectivity index (χ2n) is 3.96. The minimum absolute atomic E-state index is 0.0759. The van der Waals surface area contributed by atoms with E-state index in [-0.39, 0.29) is 17.0 Å². The van der Waals surface area contributed by atoms with Crippen LogP contribution in [0.5, 0.6) is 5.75 Å². The quantitative estimate of drug-likeness (QED) is 0.238. The Morgan fingerprint density at radius 1 is 1.45 bits per heavy atom. The van der Waals surface area contributed by atoms with Gasteiger partial charge in [0.2, 0.25) is 0 Å². The highest BCUT2D eigenvalue weighted by Crippen LogP contribution is 2.27. The van der Waals surface area contributed by atoms with Crippen molar-refractivity contribution in [1.82, 2.24) is 0 Å². The molecule has 0 bridgehead atoms. The molecule has 0 spiro atoms. The van der Waals surface area contributed by atoms with Gasteiger partial charge in [-0.25, -0.2) is 4.79 Å². The summed E-state index contributed by atoms with van der Waals surface area (Å²) in [4.78, 5) is 32.1. The maximum Gasteiger partial charge on any atom is 0.344 e. The Morgan fingerprint density at radius 3 is 2.80 bits per heavy atom. The van der Waals surface area contributed by atoms with Crippen molar-refractivity contribution in [3.63, 3.8) is 0 Å². The monoisotopic (exact) mass is 281 g/mol. The Hall–Kier alpha value is -2.44. The molecule has 0 unspecified atom stereocenters. The van der Waals surface area contributed by atoms with Crippen molar-refractivity contribution in [2.45, 2.75) is 19.8 Å². The van der Waals surface area contributed by atoms with Crippen molar-refractivity contribution in [1.29, 1.82) is 0 Å². The minimum atomic E-state index is -0.676. The third-order valence-corrected chi connectivity index (χ3v) is 2.42. The summed E-state index contributed by atoms with van der Waals surface area (Å²) in [5.74, 6) is -0.666. The molecular weight excluding hydrogens is 266 g/mol. The molecule has 1 aromatic rings. The molecule has 0 fully saturated rings. The van der Waals surface area contributed by atoms with Gasteiger partial charge in [-0.05, 0) is 18.6 Å². The van der Waals surface area contributed by atoms with Crippen molar-refractivity contribution < 1.29 is 24.0 Å². The molecule has 0 aliphatic carbocycles. The average Bonchev–Trinajstić information content (AvgIpc) is 2.45. The van der Waals surface area contributed by atoms with E-state index in [1.54, 1.807) is 0 Å². The van der Waals surface area contributed by atoms with Crippen molar-refractivity contribution in [3.05, 3.63) is 33.9 Å². The smallest absolute Gasteiger partial charge is 0.344 e. The van der Waals surface area contributed by atoms with Crippen LogP contribution in [-0.2, 0) is 9.53 Å². The van der Waals surface area contributed by atoms with E-state index in [1.165, 1.54) is 12.1 Å². The van der Waals surface area contributed by atoms with Crippen molar-refractivity contribution in [2.75, 3.05) is 13.2 Å². The molecule has 1 rings (SSSR count). The summed E-state index contributed by atoms with van der Waals surface area (Å²) in [6.45, 7) is 1.85. The molecule has 0 radical (unpaired) electrons. The van der Waals surface area contributed by atoms with Gasteiger partial charge in [-0.15, -0.1) is 0 Å². The number of ether oxygens (including phenoxy) is 2. The molecule has 0 aliphatic heterocycles. The minimum Gasteiger partial charge on any atom is -0.475 e. The number of rotatable bonds is 8. The summed E-state index contributed by atoms with van der Waals surface area (Å²) in [6, 6.07) is 3.74. The number of unbranched alkanes of at least 4 members (excludes halogenated alkanes) is 1. The fraction of sp³-hybridized carbons (Fsp3) is 0.385. The number of esters is 1. The van der Waals surface area contributed by atoms with Gasteiger partial charge >= 0.3 is 11.7 Å². The zero-order chi connectivity index (χ0) is 15.0. The molecule has 0 amide bonds. The maximum atomic E-state index is 11.3. The third kappa shape index (κ3) is 4.68. The molecule has 7 heteroatoms. The van der Waals surface area contributed by atoms with Crippen LogP contribution in [0.1, 0.15) is 30.1 Å². The molecule has 0 saturated heterocycles. The van der Waals surface area contributed by atoms with Gasteiger partial charge in [-0.3, -0.25) is 14.9 Å². The van der Waals surface area contributed by atoms with Crippen LogP contribution >= 0.6 is 0 Å². The van der Waals surface area contributed by atoms with Crippen LogP contribution in [0.2, 0.25) is 0 Å². The van der Waals surface area contributed by atoms with Gasteiger partial charge in [0.15, 0.2) is 12.4 Å². The molecule has 1 aromatic carbocycles. The zero-order valence-electron chi connectivity index (χ0n) is 11.0. The van der Waals surface area contributed by atoms with Gasteiger partial charge in [-0.1, -0.05) is 13.3 Å². The predicted octanol–water partition coefficient (Wildman–Crippen LogP) is 2.13. The lowest BCUT2D eigenvalue weighted by molar-refractivity contribution is -0.385. The third-order valence-electron chi connectivity index (χ3n) is 2.42. The second kappa shape index (κ2) is 7.88. The molecule has 7 nitrogen and oxygen atoms in total. The maximum absolute atomic E-state index is 11.3. The van der Waals surface area contributed by atoms with Crippen LogP contribution in [0, 0.1) is 10.1 Å². The van der Waals surface area contributed by atoms with Gasteiger partial charge in [-0.2, -0.15) is 0 Å². The van der Waals surface area contributed by atoms with Crippen molar-refractivity contribution >= 4 is 17.9 Å². The highest BCUT2D eigenvalue weighted by Gasteiger charge is 2.17. The summed E-state index contributed by atoms with van der Waals surface area (Å²) in [5.41, 5.74) is -0.203. The van der Waals surface area contributed by atoms with E-state index in [4.69, 9.17) is 9.47 Å². The van der Waals surface area contributed by atoms with Gasteiger partial charge in [0, 0.05) is 11.6 Å². The predicted molar refractivity (Wildman–Crippen MR) is 69.8 cm³/mol. The summed E-state index contributed by atoms with van der Waals surface area (Å²) in [6.07, 6.45) is 2.14. The highest BCUT2D eigenvalue weighted by atomic mass is 16.6. The molecule has 0 atom stereocenters. The lowest BCUT2D eigenvalue weighted by Gasteiger charge is -2.07. The van der Waals surface area contributed by atoms with E-state index in [9.17, 15) is 19.7 Å². The van der Waals surface area contributed by atoms with E-state index in [2.05, 4.69) is 0 Å². The second-order valence-corrected chi connectivity index (χ2v) is 3.96. The normalized spacial score (nSPS) is 9.85. The zero-order valence-corrected chi connectivity index (χ0v) is 11.0. The molecule has 108 valence electrons. The SMILES string of the molecule is CCCCOC(=O)COc1ccc(C=O)cc1[N+](=O)[O-]. The van der Waals surface area contributed by atoms with Gasteiger partial charge in [0.25, 0.3) is 0 Å². The van der Waals surface area contributed by atoms with E-state index >= 15 is 0 Å². The summed E-state index contributed by atoms with van der Waals surface area (Å²) in [5, 5.41) is 10.8. The number of aldehydes is 1. The fourth-order valence-electron chi connectivity index (χ4n) is 1.38. The fourth-order valence-corrected chi connectivity index (χ4v) is 1.38. The van der Waals surface area contributed by atoms with Crippen LogP contribution in [0.15, 0.2) is 18.2 Å². The number of nitrogens with zero attached hydrogens (tertiary/aromatic N) is 1. The Labute approximate surface area is 115 Å². The number of nitro benzene ring substituents is 1. The van der Waals surface area contributed by atoms with E-state index < -0.39 is 17.5 Å². The summed E-state index contributed by atoms with van der Waals surface area (Å²) < 4.78 is 9.92. The molecule has 0 saturated carbocycles. The van der Waals surface area contributed by atoms with Crippen LogP contribution in [0.3, 0.4) is 0 Å². The summed E-state index contributed by atoms with van der Waals surface area (Å²) in [7, 11) is 0. The Balaban J connectivity index is 2.65. The molecule has 0 N–H and O–H groups in total. The Morgan fingerprint density at radius 2 is 2.20 bits per heavy atom. The first-order valence-electron chi connectivity index (χ1n) is 6.10. The Kier molecular flexibility index (Phi) is 6.15. The summed E-state index contributed by atoms with van der Waals surface area (Å²) >= 11 is 0. The lowest BCUT2D eigenvalue weighted by Crippen LogP contribution is -2.16. The number of carbonyl (C=O) groups is 2. The number of carbonyl (C=O) groups excluding carboxylic acids is 2. The number of hydrogen-bond acceptors (Lipinski definition) is 6. The largest absolute Gasteiger partial charge is 0.475 e. The van der Waals surface area contributed by atoms with Crippen molar-refractivity contribution in [3.8, 4) is 5.75 Å². The first kappa shape index (κ1) is 15.6. The topological polar surface area (TPSA) is 95.7 Å². The van der Waals surface area contributed by atoms with Crippen LogP contribution in [0.4, 0.5) is 5.69 Å². The molecule has 0 aromatic heterocycles. The van der Waals surface area contributed by atoms with Gasteiger partial charge < -0.3 is 9.47 Å². The number of benzene rings is 1. The van der Waals surface area contributed by atoms with E-state index in [0.717, 1.165) is 18.9 Å². The standard InChI is InChI=1S/C13H15NO6/c1-2-3-6-19-13(16)9-20-12-5-4-10(8-15)7-11(12)14(17)18/h4-5,7-8H,2-3,6,9H2,1H3. The van der Waals surface area contributed by atoms with Crippen LogP contribution in [0.25, 0.3) is 0 Å². The molecule has 20 heavy (non-hydrogen) atoms. The highest BCUT2D eigenvalue weighted by molar-refractivity contribution is 5.77. The van der Waals surface area contributed by atoms with E-state index in [0.29, 0.717) is 12.9 Å².